The van der Waals surface area contributed by atoms with Gasteiger partial charge in [-0.25, -0.2) is 4.79 Å². The lowest BCUT2D eigenvalue weighted by atomic mass is 9.56. The zero-order chi connectivity index (χ0) is 39.1. The van der Waals surface area contributed by atoms with Gasteiger partial charge in [0.2, 0.25) is 17.3 Å². The SMILES string of the molecule is CO[C@H]1[C@H](C)O[C@H](NC2=CC(=O)c3c(cc4c(c3O)C(=O)[C@]3(OC)[C@H](O)Cc5cc(C)c(C(=O)OCC(C)C)c(O)c5[C@]3(O)C4=O)C2=O)C(CO)[C@@H]1O. The number of ketones is 4. The zero-order valence-corrected chi connectivity index (χ0v) is 29.8. The Morgan fingerprint density at radius 3 is 2.32 bits per heavy atom. The highest BCUT2D eigenvalue weighted by Gasteiger charge is 2.72. The molecule has 2 aromatic rings. The summed E-state index contributed by atoms with van der Waals surface area (Å²) in [6, 6.07) is 2.19. The minimum absolute atomic E-state index is 0.00594. The van der Waals surface area contributed by atoms with Gasteiger partial charge >= 0.3 is 5.97 Å². The number of aliphatic hydroxyl groups excluding tert-OH is 3. The molecule has 0 amide bonds. The Morgan fingerprint density at radius 1 is 1.04 bits per heavy atom. The maximum atomic E-state index is 14.7. The Bertz CT molecular complexity index is 1990. The predicted molar refractivity (Wildman–Crippen MR) is 180 cm³/mol. The smallest absolute Gasteiger partial charge is 0.342 e. The van der Waals surface area contributed by atoms with Crippen LogP contribution in [0.3, 0.4) is 0 Å². The number of allylic oxidation sites excluding steroid dienone is 2. The molecule has 0 radical (unpaired) electrons. The number of aryl methyl sites for hydroxylation is 1. The number of benzene rings is 2. The van der Waals surface area contributed by atoms with Gasteiger partial charge in [0.15, 0.2) is 17.0 Å². The van der Waals surface area contributed by atoms with E-state index in [-0.39, 0.29) is 23.7 Å². The van der Waals surface area contributed by atoms with Gasteiger partial charge in [-0.2, -0.15) is 0 Å². The lowest BCUT2D eigenvalue weighted by Crippen LogP contribution is -2.73. The van der Waals surface area contributed by atoms with Crippen molar-refractivity contribution in [1.29, 1.82) is 0 Å². The number of Topliss-reactive ketones (excluding diaryl/α,β-unsaturated/α-hetero) is 3. The largest absolute Gasteiger partial charge is 0.507 e. The van der Waals surface area contributed by atoms with Gasteiger partial charge in [0.05, 0.1) is 54.3 Å². The summed E-state index contributed by atoms with van der Waals surface area (Å²) in [5, 5.41) is 70.8. The molecule has 0 aromatic heterocycles. The molecular weight excluding hydrogens is 698 g/mol. The van der Waals surface area contributed by atoms with E-state index in [0.717, 1.165) is 19.3 Å². The standard InChI is InChI=1S/C37H41NO15/c1-13(2)12-52-35(48)23-14(3)7-16-8-22(41)37(51-6)33(47)25-18(32(46)36(37,49)26(16)30(23)45)9-17-24(29(25)44)21(40)10-20(27(17)42)38-34-19(11-39)28(43)31(50-5)15(4)53-34/h7,9-10,13,15,19,22,28,31,34,38-39,41,43-45,49H,8,11-12H2,1-6H3/t15-,19?,22+,28-,31-,34-,36-,37+/m0/s1. The van der Waals surface area contributed by atoms with Crippen molar-refractivity contribution in [2.24, 2.45) is 11.8 Å². The first-order valence-corrected chi connectivity index (χ1v) is 16.9. The minimum Gasteiger partial charge on any atom is -0.507 e. The van der Waals surface area contributed by atoms with Crippen LogP contribution in [0.5, 0.6) is 11.5 Å². The summed E-state index contributed by atoms with van der Waals surface area (Å²) in [4.78, 5) is 70.0. The molecule has 8 atom stereocenters. The number of carbonyl (C=O) groups is 5. The third-order valence-electron chi connectivity index (χ3n) is 10.7. The normalized spacial score (nSPS) is 30.7. The molecular formula is C37H41NO15. The quantitative estimate of drug-likeness (QED) is 0.181. The van der Waals surface area contributed by atoms with Gasteiger partial charge in [-0.05, 0) is 37.0 Å². The fourth-order valence-corrected chi connectivity index (χ4v) is 8.11. The van der Waals surface area contributed by atoms with E-state index < -0.39 is 140 Å². The average Bonchev–Trinajstić information content (AvgIpc) is 3.08. The lowest BCUT2D eigenvalue weighted by Gasteiger charge is -2.52. The summed E-state index contributed by atoms with van der Waals surface area (Å²) in [5.41, 5.74) is -10.2. The number of carbonyl (C=O) groups excluding carboxylic acids is 5. The van der Waals surface area contributed by atoms with E-state index in [2.05, 4.69) is 5.32 Å². The molecule has 6 rings (SSSR count). The van der Waals surface area contributed by atoms with Crippen LogP contribution in [0.2, 0.25) is 0 Å². The van der Waals surface area contributed by atoms with Crippen LogP contribution in [-0.2, 0) is 31.0 Å². The topological polar surface area (TPSA) is 256 Å². The Hall–Kier alpha value is -4.55. The number of esters is 1. The molecule has 1 fully saturated rings. The molecule has 16 heteroatoms. The Labute approximate surface area is 302 Å². The second-order valence-electron chi connectivity index (χ2n) is 14.2. The first-order chi connectivity index (χ1) is 24.9. The molecule has 16 nitrogen and oxygen atoms in total. The van der Waals surface area contributed by atoms with Crippen LogP contribution < -0.4 is 5.32 Å². The van der Waals surface area contributed by atoms with Crippen molar-refractivity contribution in [2.75, 3.05) is 27.4 Å². The minimum atomic E-state index is -3.25. The molecule has 1 aliphatic heterocycles. The van der Waals surface area contributed by atoms with Crippen molar-refractivity contribution in [3.05, 3.63) is 68.4 Å². The molecule has 1 saturated heterocycles. The van der Waals surface area contributed by atoms with Crippen molar-refractivity contribution < 1.29 is 73.6 Å². The molecule has 2 aromatic carbocycles. The van der Waals surface area contributed by atoms with E-state index in [4.69, 9.17) is 18.9 Å². The molecule has 1 unspecified atom stereocenters. The Balaban J connectivity index is 1.50. The van der Waals surface area contributed by atoms with Gasteiger partial charge in [-0.1, -0.05) is 19.9 Å². The van der Waals surface area contributed by atoms with Crippen LogP contribution >= 0.6 is 0 Å². The second-order valence-corrected chi connectivity index (χ2v) is 14.2. The first-order valence-electron chi connectivity index (χ1n) is 16.9. The number of fused-ring (bicyclic) bond motifs is 5. The summed E-state index contributed by atoms with van der Waals surface area (Å²) in [6.07, 6.45) is -5.64. The van der Waals surface area contributed by atoms with Crippen LogP contribution in [0.15, 0.2) is 23.9 Å². The van der Waals surface area contributed by atoms with Gasteiger partial charge < -0.3 is 54.9 Å². The number of aromatic hydroxyl groups is 2. The number of ether oxygens (including phenoxy) is 4. The fourth-order valence-electron chi connectivity index (χ4n) is 8.11. The highest BCUT2D eigenvalue weighted by atomic mass is 16.6. The van der Waals surface area contributed by atoms with E-state index in [9.17, 15) is 54.6 Å². The first kappa shape index (κ1) is 38.2. The summed E-state index contributed by atoms with van der Waals surface area (Å²) in [7, 11) is 2.27. The van der Waals surface area contributed by atoms with Gasteiger partial charge in [-0.15, -0.1) is 0 Å². The number of rotatable bonds is 8. The molecule has 284 valence electrons. The van der Waals surface area contributed by atoms with Crippen LogP contribution in [0.25, 0.3) is 0 Å². The van der Waals surface area contributed by atoms with Crippen molar-refractivity contribution in [3.8, 4) is 11.5 Å². The number of hydrogen-bond acceptors (Lipinski definition) is 16. The Morgan fingerprint density at radius 2 is 1.72 bits per heavy atom. The summed E-state index contributed by atoms with van der Waals surface area (Å²) in [5.74, 6) is -8.81. The zero-order valence-electron chi connectivity index (χ0n) is 29.8. The lowest BCUT2D eigenvalue weighted by molar-refractivity contribution is -0.214. The van der Waals surface area contributed by atoms with E-state index in [1.54, 1.807) is 20.8 Å². The number of phenolic OH excluding ortho intramolecular Hbond substituents is 2. The molecule has 0 spiro atoms. The van der Waals surface area contributed by atoms with Gasteiger partial charge in [0.1, 0.15) is 29.4 Å². The number of hydrogen-bond donors (Lipinski definition) is 7. The van der Waals surface area contributed by atoms with E-state index >= 15 is 0 Å². The second kappa shape index (κ2) is 13.4. The fraction of sp³-hybridized carbons (Fsp3) is 0.486. The van der Waals surface area contributed by atoms with Crippen molar-refractivity contribution in [2.45, 2.75) is 76.0 Å². The number of nitrogens with one attached hydrogen (secondary N) is 1. The number of methoxy groups -OCH3 is 2. The highest BCUT2D eigenvalue weighted by Crippen LogP contribution is 2.56. The molecule has 4 aliphatic rings. The molecule has 0 bridgehead atoms. The van der Waals surface area contributed by atoms with Gasteiger partial charge in [0.25, 0.3) is 0 Å². The third kappa shape index (κ3) is 5.26. The van der Waals surface area contributed by atoms with Crippen LogP contribution in [0, 0.1) is 18.8 Å². The summed E-state index contributed by atoms with van der Waals surface area (Å²) >= 11 is 0. The van der Waals surface area contributed by atoms with Gasteiger partial charge in [0, 0.05) is 43.4 Å². The van der Waals surface area contributed by atoms with Crippen LogP contribution in [0.1, 0.15) is 89.3 Å². The van der Waals surface area contributed by atoms with E-state index in [1.807, 2.05) is 0 Å². The van der Waals surface area contributed by atoms with Crippen molar-refractivity contribution >= 4 is 29.1 Å². The van der Waals surface area contributed by atoms with E-state index in [0.29, 0.717) is 0 Å². The van der Waals surface area contributed by atoms with Crippen LogP contribution in [-0.4, -0.2) is 123 Å². The third-order valence-corrected chi connectivity index (χ3v) is 10.7. The van der Waals surface area contributed by atoms with Crippen LogP contribution in [0.4, 0.5) is 0 Å². The molecule has 1 heterocycles. The molecule has 7 N–H and O–H groups in total. The average molecular weight is 740 g/mol. The molecule has 0 saturated carbocycles. The van der Waals surface area contributed by atoms with Crippen molar-refractivity contribution in [3.63, 3.8) is 0 Å². The summed E-state index contributed by atoms with van der Waals surface area (Å²) in [6.45, 7) is 5.98. The summed E-state index contributed by atoms with van der Waals surface area (Å²) < 4.78 is 22.0. The maximum Gasteiger partial charge on any atom is 0.342 e. The molecule has 3 aliphatic carbocycles. The predicted octanol–water partition coefficient (Wildman–Crippen LogP) is 0.370. The molecule has 53 heavy (non-hydrogen) atoms. The van der Waals surface area contributed by atoms with E-state index in [1.165, 1.54) is 20.1 Å². The number of aliphatic hydroxyl groups is 4. The van der Waals surface area contributed by atoms with Crippen molar-refractivity contribution in [1.82, 2.24) is 5.32 Å². The highest BCUT2D eigenvalue weighted by molar-refractivity contribution is 6.31. The van der Waals surface area contributed by atoms with Gasteiger partial charge in [-0.3, -0.25) is 19.2 Å². The maximum absolute atomic E-state index is 14.7. The monoisotopic (exact) mass is 739 g/mol. The number of phenols is 2. The Kier molecular flexibility index (Phi) is 9.64.